The number of hydrogen-bond acceptors (Lipinski definition) is 4. The Morgan fingerprint density at radius 3 is 3.05 bits per heavy atom. The molecule has 106 valence electrons. The zero-order chi connectivity index (χ0) is 14.1. The number of fused-ring (bicyclic) bond motifs is 1. The molecule has 5 nitrogen and oxygen atoms in total. The Morgan fingerprint density at radius 2 is 2.35 bits per heavy atom. The number of rotatable bonds is 2. The molecule has 0 radical (unpaired) electrons. The Bertz CT molecular complexity index is 647. The van der Waals surface area contributed by atoms with Crippen LogP contribution < -0.4 is 0 Å². The van der Waals surface area contributed by atoms with Crippen LogP contribution >= 0.6 is 15.9 Å². The van der Waals surface area contributed by atoms with Crippen molar-refractivity contribution in [1.82, 2.24) is 9.78 Å². The van der Waals surface area contributed by atoms with E-state index in [-0.39, 0.29) is 12.2 Å². The van der Waals surface area contributed by atoms with Crippen molar-refractivity contribution >= 4 is 32.8 Å². The predicted octanol–water partition coefficient (Wildman–Crippen LogP) is 3.28. The summed E-state index contributed by atoms with van der Waals surface area (Å²) in [5.41, 5.74) is 1.25. The summed E-state index contributed by atoms with van der Waals surface area (Å²) in [6.45, 7) is 0.776. The van der Waals surface area contributed by atoms with E-state index in [9.17, 15) is 4.79 Å². The molecule has 1 aromatic heterocycles. The van der Waals surface area contributed by atoms with Gasteiger partial charge < -0.3 is 9.47 Å². The molecule has 6 heteroatoms. The highest BCUT2D eigenvalue weighted by atomic mass is 79.9. The Hall–Kier alpha value is -1.40. The molecule has 1 atom stereocenters. The minimum Gasteiger partial charge on any atom is -0.465 e. The van der Waals surface area contributed by atoms with E-state index < -0.39 is 0 Å². The van der Waals surface area contributed by atoms with E-state index in [0.717, 1.165) is 36.8 Å². The highest BCUT2D eigenvalue weighted by Gasteiger charge is 2.18. The first kappa shape index (κ1) is 13.6. The lowest BCUT2D eigenvalue weighted by molar-refractivity contribution is -0.0390. The lowest BCUT2D eigenvalue weighted by atomic mass is 10.1. The van der Waals surface area contributed by atoms with Gasteiger partial charge in [0, 0.05) is 22.7 Å². The quantitative estimate of drug-likeness (QED) is 0.788. The highest BCUT2D eigenvalue weighted by Crippen LogP contribution is 2.28. The number of benzene rings is 1. The molecular formula is C14H15BrN2O3. The zero-order valence-corrected chi connectivity index (χ0v) is 12.7. The normalized spacial score (nSPS) is 19.2. The lowest BCUT2D eigenvalue weighted by Gasteiger charge is -2.22. The lowest BCUT2D eigenvalue weighted by Crippen LogP contribution is -2.18. The fourth-order valence-electron chi connectivity index (χ4n) is 2.41. The minimum atomic E-state index is -0.373. The maximum absolute atomic E-state index is 11.7. The maximum atomic E-state index is 11.7. The van der Waals surface area contributed by atoms with Gasteiger partial charge in [0.1, 0.15) is 6.23 Å². The van der Waals surface area contributed by atoms with Gasteiger partial charge in [0.2, 0.25) is 0 Å². The van der Waals surface area contributed by atoms with Crippen LogP contribution in [0.15, 0.2) is 22.8 Å². The number of nitrogens with zero attached hydrogens (tertiary/aromatic N) is 2. The third-order valence-corrected chi connectivity index (χ3v) is 4.12. The summed E-state index contributed by atoms with van der Waals surface area (Å²) in [5.74, 6) is -0.373. The Balaban J connectivity index is 2.00. The number of hydrogen-bond donors (Lipinski definition) is 0. The van der Waals surface area contributed by atoms with Crippen LogP contribution in [-0.4, -0.2) is 29.5 Å². The van der Waals surface area contributed by atoms with E-state index >= 15 is 0 Å². The van der Waals surface area contributed by atoms with Crippen LogP contribution in [0.25, 0.3) is 10.9 Å². The number of aromatic nitrogens is 2. The summed E-state index contributed by atoms with van der Waals surface area (Å²) in [6, 6.07) is 3.62. The summed E-state index contributed by atoms with van der Waals surface area (Å²) in [5, 5.41) is 5.49. The molecule has 0 aliphatic carbocycles. The Labute approximate surface area is 125 Å². The molecule has 3 rings (SSSR count). The average molecular weight is 339 g/mol. The number of carbonyl (C=O) groups is 1. The first-order valence-electron chi connectivity index (χ1n) is 6.57. The molecule has 0 bridgehead atoms. The van der Waals surface area contributed by atoms with Crippen LogP contribution in [-0.2, 0) is 9.47 Å². The molecule has 2 heterocycles. The van der Waals surface area contributed by atoms with Crippen LogP contribution in [0.5, 0.6) is 0 Å². The van der Waals surface area contributed by atoms with Crippen LogP contribution in [0.1, 0.15) is 35.8 Å². The van der Waals surface area contributed by atoms with Crippen LogP contribution in [0.3, 0.4) is 0 Å². The molecule has 1 unspecified atom stereocenters. The van der Waals surface area contributed by atoms with E-state index in [1.54, 1.807) is 6.07 Å². The topological polar surface area (TPSA) is 53.3 Å². The van der Waals surface area contributed by atoms with Crippen LogP contribution in [0.4, 0.5) is 0 Å². The summed E-state index contributed by atoms with van der Waals surface area (Å²) in [7, 11) is 1.37. The molecule has 0 saturated carbocycles. The maximum Gasteiger partial charge on any atom is 0.339 e. The number of halogens is 1. The van der Waals surface area contributed by atoms with E-state index in [0.29, 0.717) is 10.0 Å². The number of carbonyl (C=O) groups excluding carboxylic acids is 1. The average Bonchev–Trinajstić information content (AvgIpc) is 2.89. The highest BCUT2D eigenvalue weighted by molar-refractivity contribution is 9.10. The van der Waals surface area contributed by atoms with E-state index in [1.807, 2.05) is 16.9 Å². The Kier molecular flexibility index (Phi) is 3.76. The largest absolute Gasteiger partial charge is 0.465 e. The van der Waals surface area contributed by atoms with Crippen LogP contribution in [0.2, 0.25) is 0 Å². The summed E-state index contributed by atoms with van der Waals surface area (Å²) in [4.78, 5) is 11.7. The predicted molar refractivity (Wildman–Crippen MR) is 77.6 cm³/mol. The standard InChI is InChI=1S/C14H15BrN2O3/c1-19-14(18)10-7-12-9(6-11(10)15)8-17(16-12)13-4-2-3-5-20-13/h6-8,13H,2-5H2,1H3. The molecule has 0 amide bonds. The second-order valence-electron chi connectivity index (χ2n) is 4.81. The summed E-state index contributed by atoms with van der Waals surface area (Å²) >= 11 is 3.39. The summed E-state index contributed by atoms with van der Waals surface area (Å²) in [6.07, 6.45) is 5.18. The third-order valence-electron chi connectivity index (χ3n) is 3.47. The zero-order valence-electron chi connectivity index (χ0n) is 11.1. The van der Waals surface area contributed by atoms with Gasteiger partial charge >= 0.3 is 5.97 Å². The fraction of sp³-hybridized carbons (Fsp3) is 0.429. The first-order valence-corrected chi connectivity index (χ1v) is 7.36. The number of ether oxygens (including phenoxy) is 2. The monoisotopic (exact) mass is 338 g/mol. The molecule has 2 aromatic rings. The molecule has 0 spiro atoms. The van der Waals surface area contributed by atoms with E-state index in [1.165, 1.54) is 7.11 Å². The van der Waals surface area contributed by atoms with Crippen molar-refractivity contribution in [3.63, 3.8) is 0 Å². The van der Waals surface area contributed by atoms with Crippen molar-refractivity contribution < 1.29 is 14.3 Å². The van der Waals surface area contributed by atoms with E-state index in [4.69, 9.17) is 9.47 Å². The van der Waals surface area contributed by atoms with Gasteiger partial charge in [0.15, 0.2) is 0 Å². The van der Waals surface area contributed by atoms with Crippen molar-refractivity contribution in [3.05, 3.63) is 28.4 Å². The Morgan fingerprint density at radius 1 is 1.50 bits per heavy atom. The molecule has 1 aromatic carbocycles. The van der Waals surface area contributed by atoms with Gasteiger partial charge in [-0.15, -0.1) is 0 Å². The first-order chi connectivity index (χ1) is 9.69. The minimum absolute atomic E-state index is 0.00324. The van der Waals surface area contributed by atoms with Crippen molar-refractivity contribution in [2.24, 2.45) is 0 Å². The van der Waals surface area contributed by atoms with E-state index in [2.05, 4.69) is 21.0 Å². The van der Waals surface area contributed by atoms with Gasteiger partial charge in [-0.2, -0.15) is 5.10 Å². The second-order valence-corrected chi connectivity index (χ2v) is 5.67. The number of esters is 1. The SMILES string of the molecule is COC(=O)c1cc2nn(C3CCCCO3)cc2cc1Br. The second kappa shape index (κ2) is 5.54. The van der Waals surface area contributed by atoms with Gasteiger partial charge in [-0.3, -0.25) is 0 Å². The van der Waals surface area contributed by atoms with Gasteiger partial charge in [0.05, 0.1) is 18.2 Å². The van der Waals surface area contributed by atoms with Crippen LogP contribution in [0, 0.1) is 0 Å². The number of methoxy groups -OCH3 is 1. The molecule has 1 fully saturated rings. The van der Waals surface area contributed by atoms with Crippen molar-refractivity contribution in [1.29, 1.82) is 0 Å². The molecule has 1 saturated heterocycles. The van der Waals surface area contributed by atoms with Crippen molar-refractivity contribution in [2.75, 3.05) is 13.7 Å². The fourth-order valence-corrected chi connectivity index (χ4v) is 2.93. The molecular weight excluding hydrogens is 324 g/mol. The molecule has 0 N–H and O–H groups in total. The van der Waals surface area contributed by atoms with Gasteiger partial charge in [-0.1, -0.05) is 0 Å². The van der Waals surface area contributed by atoms with Gasteiger partial charge in [-0.05, 0) is 47.3 Å². The van der Waals surface area contributed by atoms with Gasteiger partial charge in [0.25, 0.3) is 0 Å². The van der Waals surface area contributed by atoms with Gasteiger partial charge in [-0.25, -0.2) is 9.48 Å². The third kappa shape index (κ3) is 2.45. The molecule has 20 heavy (non-hydrogen) atoms. The van der Waals surface area contributed by atoms with Crippen molar-refractivity contribution in [3.8, 4) is 0 Å². The summed E-state index contributed by atoms with van der Waals surface area (Å²) < 4.78 is 13.0. The van der Waals surface area contributed by atoms with Crippen molar-refractivity contribution in [2.45, 2.75) is 25.5 Å². The smallest absolute Gasteiger partial charge is 0.339 e. The molecule has 1 aliphatic rings. The molecule has 1 aliphatic heterocycles.